The Hall–Kier alpha value is -0.275. The van der Waals surface area contributed by atoms with Crippen molar-refractivity contribution in [3.05, 3.63) is 11.5 Å². The van der Waals surface area contributed by atoms with Gasteiger partial charge in [0.05, 0.1) is 11.2 Å². The van der Waals surface area contributed by atoms with Crippen molar-refractivity contribution in [2.45, 2.75) is 122 Å². The monoisotopic (exact) mass is 334 g/mol. The SMILES string of the molecule is CC1(C)OB(/C2=C/CCCCCCCCCCCCC2)OC1(C)C. The summed E-state index contributed by atoms with van der Waals surface area (Å²) in [6.07, 6.45) is 20.0. The molecule has 0 amide bonds. The lowest BCUT2D eigenvalue weighted by molar-refractivity contribution is 0.00578. The van der Waals surface area contributed by atoms with Gasteiger partial charge in [0, 0.05) is 0 Å². The smallest absolute Gasteiger partial charge is 0.400 e. The Balaban J connectivity index is 1.94. The van der Waals surface area contributed by atoms with E-state index >= 15 is 0 Å². The van der Waals surface area contributed by atoms with Gasteiger partial charge in [-0.25, -0.2) is 0 Å². The maximum atomic E-state index is 6.30. The Labute approximate surface area is 150 Å². The molecule has 3 heteroatoms. The molecule has 2 aliphatic rings. The van der Waals surface area contributed by atoms with Crippen molar-refractivity contribution in [1.82, 2.24) is 0 Å². The summed E-state index contributed by atoms with van der Waals surface area (Å²) in [5.41, 5.74) is 0.939. The van der Waals surface area contributed by atoms with E-state index in [0.717, 1.165) is 6.42 Å². The van der Waals surface area contributed by atoms with Gasteiger partial charge in [0.15, 0.2) is 0 Å². The Morgan fingerprint density at radius 3 is 1.58 bits per heavy atom. The van der Waals surface area contributed by atoms with Gasteiger partial charge in [0.1, 0.15) is 0 Å². The summed E-state index contributed by atoms with van der Waals surface area (Å²) in [4.78, 5) is 0. The molecule has 0 aromatic rings. The summed E-state index contributed by atoms with van der Waals surface area (Å²) < 4.78 is 12.6. The predicted molar refractivity (Wildman–Crippen MR) is 104 cm³/mol. The topological polar surface area (TPSA) is 18.5 Å². The van der Waals surface area contributed by atoms with Crippen LogP contribution in [0.15, 0.2) is 11.5 Å². The Bertz CT molecular complexity index is 385. The van der Waals surface area contributed by atoms with Crippen LogP contribution in [0.2, 0.25) is 0 Å². The van der Waals surface area contributed by atoms with Gasteiger partial charge in [0.2, 0.25) is 0 Å². The fourth-order valence-electron chi connectivity index (χ4n) is 3.66. The van der Waals surface area contributed by atoms with Gasteiger partial charge in [-0.2, -0.15) is 0 Å². The van der Waals surface area contributed by atoms with Crippen LogP contribution < -0.4 is 0 Å². The van der Waals surface area contributed by atoms with Gasteiger partial charge in [0.25, 0.3) is 0 Å². The molecule has 0 unspecified atom stereocenters. The Morgan fingerprint density at radius 2 is 1.08 bits per heavy atom. The van der Waals surface area contributed by atoms with Crippen molar-refractivity contribution >= 4 is 7.12 Å². The van der Waals surface area contributed by atoms with Gasteiger partial charge in [-0.15, -0.1) is 0 Å². The van der Waals surface area contributed by atoms with E-state index < -0.39 is 0 Å². The lowest BCUT2D eigenvalue weighted by Gasteiger charge is -2.32. The van der Waals surface area contributed by atoms with Crippen molar-refractivity contribution in [2.75, 3.05) is 0 Å². The summed E-state index contributed by atoms with van der Waals surface area (Å²) in [5.74, 6) is 0. The third-order valence-electron chi connectivity index (χ3n) is 6.13. The molecule has 1 heterocycles. The minimum Gasteiger partial charge on any atom is -0.400 e. The molecular weight excluding hydrogens is 295 g/mol. The lowest BCUT2D eigenvalue weighted by Crippen LogP contribution is -2.41. The molecule has 0 bridgehead atoms. The van der Waals surface area contributed by atoms with Crippen LogP contribution in [0.1, 0.15) is 111 Å². The highest BCUT2D eigenvalue weighted by atomic mass is 16.7. The maximum Gasteiger partial charge on any atom is 0.490 e. The number of rotatable bonds is 1. The highest BCUT2D eigenvalue weighted by Crippen LogP contribution is 2.39. The molecule has 138 valence electrons. The lowest BCUT2D eigenvalue weighted by atomic mass is 9.74. The molecule has 2 rings (SSSR count). The molecule has 1 fully saturated rings. The number of hydrogen-bond donors (Lipinski definition) is 0. The van der Waals surface area contributed by atoms with Crippen LogP contribution in [0, 0.1) is 0 Å². The first-order chi connectivity index (χ1) is 11.4. The summed E-state index contributed by atoms with van der Waals surface area (Å²) >= 11 is 0. The zero-order valence-corrected chi connectivity index (χ0v) is 16.7. The molecule has 2 nitrogen and oxygen atoms in total. The Morgan fingerprint density at radius 1 is 0.667 bits per heavy atom. The third kappa shape index (κ3) is 5.91. The average molecular weight is 334 g/mol. The molecule has 0 spiro atoms. The van der Waals surface area contributed by atoms with E-state index in [1.54, 1.807) is 0 Å². The fourth-order valence-corrected chi connectivity index (χ4v) is 3.66. The van der Waals surface area contributed by atoms with Crippen LogP contribution in [0.3, 0.4) is 0 Å². The van der Waals surface area contributed by atoms with Crippen LogP contribution >= 0.6 is 0 Å². The highest BCUT2D eigenvalue weighted by molar-refractivity contribution is 6.54. The molecule has 0 saturated carbocycles. The number of hydrogen-bond acceptors (Lipinski definition) is 2. The second kappa shape index (κ2) is 9.43. The van der Waals surface area contributed by atoms with Crippen LogP contribution in [-0.4, -0.2) is 18.3 Å². The van der Waals surface area contributed by atoms with E-state index in [4.69, 9.17) is 9.31 Å². The molecule has 24 heavy (non-hydrogen) atoms. The minimum atomic E-state index is -0.227. The summed E-state index contributed by atoms with van der Waals surface area (Å²) in [6.45, 7) is 8.61. The van der Waals surface area contributed by atoms with E-state index in [9.17, 15) is 0 Å². The molecule has 0 aromatic heterocycles. The maximum absolute atomic E-state index is 6.30. The quantitative estimate of drug-likeness (QED) is 0.501. The second-order valence-electron chi connectivity index (χ2n) is 8.80. The molecule has 0 atom stereocenters. The summed E-state index contributed by atoms with van der Waals surface area (Å²) in [6, 6.07) is 0. The van der Waals surface area contributed by atoms with Crippen LogP contribution in [-0.2, 0) is 9.31 Å². The molecule has 1 aliphatic heterocycles. The normalized spacial score (nSPS) is 29.3. The van der Waals surface area contributed by atoms with E-state index in [2.05, 4.69) is 33.8 Å². The average Bonchev–Trinajstić information content (AvgIpc) is 2.72. The molecule has 1 aliphatic carbocycles. The van der Waals surface area contributed by atoms with E-state index in [1.165, 1.54) is 82.5 Å². The minimum absolute atomic E-state index is 0.134. The highest BCUT2D eigenvalue weighted by Gasteiger charge is 2.52. The summed E-state index contributed by atoms with van der Waals surface area (Å²) in [5, 5.41) is 0. The molecule has 1 saturated heterocycles. The number of allylic oxidation sites excluding steroid dienone is 2. The predicted octanol–water partition coefficient (Wildman–Crippen LogP) is 6.63. The van der Waals surface area contributed by atoms with E-state index in [1.807, 2.05) is 0 Å². The van der Waals surface area contributed by atoms with Gasteiger partial charge in [-0.05, 0) is 52.4 Å². The van der Waals surface area contributed by atoms with E-state index in [-0.39, 0.29) is 18.3 Å². The first-order valence-corrected chi connectivity index (χ1v) is 10.5. The summed E-state index contributed by atoms with van der Waals surface area (Å²) in [7, 11) is -0.134. The van der Waals surface area contributed by atoms with Gasteiger partial charge < -0.3 is 9.31 Å². The largest absolute Gasteiger partial charge is 0.490 e. The first kappa shape index (κ1) is 20.0. The van der Waals surface area contributed by atoms with Crippen molar-refractivity contribution in [3.8, 4) is 0 Å². The first-order valence-electron chi connectivity index (χ1n) is 10.5. The zero-order valence-electron chi connectivity index (χ0n) is 16.7. The van der Waals surface area contributed by atoms with E-state index in [0.29, 0.717) is 0 Å². The van der Waals surface area contributed by atoms with Crippen LogP contribution in [0.4, 0.5) is 0 Å². The Kier molecular flexibility index (Phi) is 7.87. The van der Waals surface area contributed by atoms with Crippen molar-refractivity contribution < 1.29 is 9.31 Å². The van der Waals surface area contributed by atoms with Crippen molar-refractivity contribution in [1.29, 1.82) is 0 Å². The van der Waals surface area contributed by atoms with Crippen LogP contribution in [0.25, 0.3) is 0 Å². The third-order valence-corrected chi connectivity index (χ3v) is 6.13. The second-order valence-corrected chi connectivity index (χ2v) is 8.80. The van der Waals surface area contributed by atoms with Crippen LogP contribution in [0.5, 0.6) is 0 Å². The zero-order chi connectivity index (χ0) is 17.5. The van der Waals surface area contributed by atoms with Gasteiger partial charge in [-0.1, -0.05) is 70.3 Å². The fraction of sp³-hybridized carbons (Fsp3) is 0.905. The molecule has 0 N–H and O–H groups in total. The van der Waals surface area contributed by atoms with Crippen molar-refractivity contribution in [2.24, 2.45) is 0 Å². The molecular formula is C21H39BO2. The standard InChI is InChI=1S/C21H39BO2/c1-20(2)21(3,4)24-22(23-20)19-17-15-13-11-9-7-5-6-8-10-12-14-16-18-19/h17H,5-16,18H2,1-4H3/b19-17+. The molecule has 0 aromatic carbocycles. The molecule has 0 radical (unpaired) electrons. The van der Waals surface area contributed by atoms with Gasteiger partial charge >= 0.3 is 7.12 Å². The van der Waals surface area contributed by atoms with Crippen molar-refractivity contribution in [3.63, 3.8) is 0 Å². The van der Waals surface area contributed by atoms with Gasteiger partial charge in [-0.3, -0.25) is 0 Å².